The summed E-state index contributed by atoms with van der Waals surface area (Å²) in [5.41, 5.74) is 0.116. The molecule has 110 valence electrons. The lowest BCUT2D eigenvalue weighted by atomic mass is 10.1. The van der Waals surface area contributed by atoms with Gasteiger partial charge in [0.15, 0.2) is 0 Å². The van der Waals surface area contributed by atoms with Gasteiger partial charge in [-0.25, -0.2) is 4.39 Å². The van der Waals surface area contributed by atoms with Crippen LogP contribution >= 0.6 is 11.6 Å². The maximum absolute atomic E-state index is 13.8. The summed E-state index contributed by atoms with van der Waals surface area (Å²) in [5, 5.41) is 0. The van der Waals surface area contributed by atoms with Crippen LogP contribution in [-0.2, 0) is 4.74 Å². The molecule has 0 heterocycles. The van der Waals surface area contributed by atoms with E-state index in [0.717, 1.165) is 6.42 Å². The van der Waals surface area contributed by atoms with Crippen molar-refractivity contribution in [2.75, 3.05) is 19.6 Å². The monoisotopic (exact) mass is 298 g/mol. The molecule has 4 heteroatoms. The van der Waals surface area contributed by atoms with E-state index >= 15 is 0 Å². The second-order valence-electron chi connectivity index (χ2n) is 4.94. The Labute approximate surface area is 125 Å². The summed E-state index contributed by atoms with van der Waals surface area (Å²) < 4.78 is 24.6. The van der Waals surface area contributed by atoms with Crippen LogP contribution in [0.2, 0.25) is 0 Å². The third-order valence-electron chi connectivity index (χ3n) is 2.91. The molecule has 0 unspecified atom stereocenters. The number of halogens is 2. The molecule has 0 saturated carbocycles. The van der Waals surface area contributed by atoms with Crippen molar-refractivity contribution >= 4 is 11.6 Å². The van der Waals surface area contributed by atoms with E-state index in [2.05, 4.69) is 11.8 Å². The van der Waals surface area contributed by atoms with Crippen LogP contribution in [0, 0.1) is 17.7 Å². The Morgan fingerprint density at radius 3 is 2.70 bits per heavy atom. The first-order chi connectivity index (χ1) is 9.48. The van der Waals surface area contributed by atoms with Crippen molar-refractivity contribution in [1.29, 1.82) is 0 Å². The average molecular weight is 299 g/mol. The summed E-state index contributed by atoms with van der Waals surface area (Å²) in [6.07, 6.45) is 1.27. The molecule has 0 aliphatic carbocycles. The number of rotatable bonds is 6. The van der Waals surface area contributed by atoms with Crippen molar-refractivity contribution in [3.05, 3.63) is 29.6 Å². The first-order valence-electron chi connectivity index (χ1n) is 6.51. The van der Waals surface area contributed by atoms with Gasteiger partial charge >= 0.3 is 0 Å². The molecule has 0 spiro atoms. The number of alkyl halides is 1. The summed E-state index contributed by atoms with van der Waals surface area (Å²) in [6, 6.07) is 4.69. The highest BCUT2D eigenvalue weighted by molar-refractivity contribution is 6.18. The van der Waals surface area contributed by atoms with E-state index < -0.39 is 0 Å². The first kappa shape index (κ1) is 16.8. The lowest BCUT2D eigenvalue weighted by molar-refractivity contribution is 0.00544. The van der Waals surface area contributed by atoms with E-state index in [0.29, 0.717) is 30.2 Å². The Bertz CT molecular complexity index is 489. The van der Waals surface area contributed by atoms with Crippen LogP contribution in [0.3, 0.4) is 0 Å². The van der Waals surface area contributed by atoms with E-state index in [-0.39, 0.29) is 11.4 Å². The van der Waals surface area contributed by atoms with Crippen LogP contribution in [0.5, 0.6) is 5.75 Å². The standard InChI is InChI=1S/C16H20ClFO2/c1-16(2,19-3)9-11-20-14-8-7-13(15(18)12-14)6-4-5-10-17/h7-8,12H,5,9-11H2,1-3H3. The van der Waals surface area contributed by atoms with E-state index in [4.69, 9.17) is 21.1 Å². The summed E-state index contributed by atoms with van der Waals surface area (Å²) in [7, 11) is 1.66. The molecule has 0 N–H and O–H groups in total. The average Bonchev–Trinajstić information content (AvgIpc) is 2.41. The van der Waals surface area contributed by atoms with Crippen LogP contribution in [0.1, 0.15) is 32.3 Å². The second-order valence-corrected chi connectivity index (χ2v) is 5.32. The smallest absolute Gasteiger partial charge is 0.142 e. The molecule has 1 rings (SSSR count). The van der Waals surface area contributed by atoms with Crippen LogP contribution < -0.4 is 4.74 Å². The Balaban J connectivity index is 2.58. The van der Waals surface area contributed by atoms with Gasteiger partial charge in [-0.3, -0.25) is 0 Å². The van der Waals surface area contributed by atoms with E-state index in [1.807, 2.05) is 13.8 Å². The molecule has 0 radical (unpaired) electrons. The van der Waals surface area contributed by atoms with Crippen LogP contribution in [0.25, 0.3) is 0 Å². The molecule has 0 saturated heterocycles. The topological polar surface area (TPSA) is 18.5 Å². The van der Waals surface area contributed by atoms with E-state index in [1.54, 1.807) is 19.2 Å². The summed E-state index contributed by atoms with van der Waals surface area (Å²) >= 11 is 5.51. The molecular weight excluding hydrogens is 279 g/mol. The lowest BCUT2D eigenvalue weighted by Gasteiger charge is -2.22. The third-order valence-corrected chi connectivity index (χ3v) is 3.10. The fourth-order valence-corrected chi connectivity index (χ4v) is 1.50. The minimum atomic E-state index is -0.379. The summed E-state index contributed by atoms with van der Waals surface area (Å²) in [5.74, 6) is 6.12. The Kier molecular flexibility index (Phi) is 6.84. The summed E-state index contributed by atoms with van der Waals surface area (Å²) in [6.45, 7) is 4.43. The van der Waals surface area contributed by atoms with Crippen molar-refractivity contribution in [2.24, 2.45) is 0 Å². The van der Waals surface area contributed by atoms with E-state index in [9.17, 15) is 4.39 Å². The van der Waals surface area contributed by atoms with Crippen molar-refractivity contribution in [3.63, 3.8) is 0 Å². The number of hydrogen-bond acceptors (Lipinski definition) is 2. The molecule has 20 heavy (non-hydrogen) atoms. The number of hydrogen-bond donors (Lipinski definition) is 0. The third kappa shape index (κ3) is 5.81. The maximum atomic E-state index is 13.8. The number of ether oxygens (including phenoxy) is 2. The van der Waals surface area contributed by atoms with Gasteiger partial charge in [-0.1, -0.05) is 11.8 Å². The SMILES string of the molecule is COC(C)(C)CCOc1ccc(C#CCCCl)c(F)c1. The van der Waals surface area contributed by atoms with Gasteiger partial charge in [0, 0.05) is 31.9 Å². The maximum Gasteiger partial charge on any atom is 0.142 e. The molecule has 0 atom stereocenters. The Morgan fingerprint density at radius 2 is 2.10 bits per heavy atom. The van der Waals surface area contributed by atoms with Gasteiger partial charge in [-0.05, 0) is 26.0 Å². The van der Waals surface area contributed by atoms with Gasteiger partial charge in [0.25, 0.3) is 0 Å². The largest absolute Gasteiger partial charge is 0.493 e. The van der Waals surface area contributed by atoms with Gasteiger partial charge < -0.3 is 9.47 Å². The van der Waals surface area contributed by atoms with Crippen molar-refractivity contribution < 1.29 is 13.9 Å². The molecule has 1 aromatic rings. The minimum Gasteiger partial charge on any atom is -0.493 e. The minimum absolute atomic E-state index is 0.245. The molecule has 0 aliphatic heterocycles. The van der Waals surface area contributed by atoms with Crippen molar-refractivity contribution in [3.8, 4) is 17.6 Å². The molecule has 2 nitrogen and oxygen atoms in total. The van der Waals surface area contributed by atoms with Gasteiger partial charge in [-0.2, -0.15) is 0 Å². The zero-order valence-corrected chi connectivity index (χ0v) is 12.9. The van der Waals surface area contributed by atoms with Gasteiger partial charge in [0.1, 0.15) is 11.6 Å². The normalized spacial score (nSPS) is 10.8. The highest BCUT2D eigenvalue weighted by Crippen LogP contribution is 2.18. The molecular formula is C16H20ClFO2. The Morgan fingerprint density at radius 1 is 1.35 bits per heavy atom. The zero-order chi connectivity index (χ0) is 15.0. The predicted molar refractivity (Wildman–Crippen MR) is 79.8 cm³/mol. The summed E-state index contributed by atoms with van der Waals surface area (Å²) in [4.78, 5) is 0. The number of benzene rings is 1. The highest BCUT2D eigenvalue weighted by Gasteiger charge is 2.16. The lowest BCUT2D eigenvalue weighted by Crippen LogP contribution is -2.25. The van der Waals surface area contributed by atoms with Crippen LogP contribution in [0.4, 0.5) is 4.39 Å². The van der Waals surface area contributed by atoms with Gasteiger partial charge in [0.2, 0.25) is 0 Å². The first-order valence-corrected chi connectivity index (χ1v) is 7.04. The quantitative estimate of drug-likeness (QED) is 0.584. The number of methoxy groups -OCH3 is 1. The second kappa shape index (κ2) is 8.14. The molecule has 0 aromatic heterocycles. The highest BCUT2D eigenvalue weighted by atomic mass is 35.5. The molecule has 0 bridgehead atoms. The van der Waals surface area contributed by atoms with Crippen molar-refractivity contribution in [1.82, 2.24) is 0 Å². The fourth-order valence-electron chi connectivity index (χ4n) is 1.41. The van der Waals surface area contributed by atoms with Gasteiger partial charge in [0.05, 0.1) is 17.8 Å². The molecule has 0 aliphatic rings. The van der Waals surface area contributed by atoms with Crippen molar-refractivity contribution in [2.45, 2.75) is 32.3 Å². The van der Waals surface area contributed by atoms with E-state index in [1.165, 1.54) is 6.07 Å². The fraction of sp³-hybridized carbons (Fsp3) is 0.500. The van der Waals surface area contributed by atoms with Crippen LogP contribution in [0.15, 0.2) is 18.2 Å². The van der Waals surface area contributed by atoms with Gasteiger partial charge in [-0.15, -0.1) is 11.6 Å². The molecule has 1 aromatic carbocycles. The zero-order valence-electron chi connectivity index (χ0n) is 12.1. The predicted octanol–water partition coefficient (Wildman–Crippen LogP) is 4.00. The molecule has 0 amide bonds. The van der Waals surface area contributed by atoms with Crippen LogP contribution in [-0.4, -0.2) is 25.2 Å². The Hall–Kier alpha value is -1.24. The molecule has 0 fully saturated rings.